The first-order chi connectivity index (χ1) is 11.7. The Kier molecular flexibility index (Phi) is 4.76. The molecule has 0 saturated heterocycles. The van der Waals surface area contributed by atoms with Gasteiger partial charge in [-0.25, -0.2) is 0 Å². The van der Waals surface area contributed by atoms with Gasteiger partial charge in [-0.1, -0.05) is 30.3 Å². The molecule has 24 heavy (non-hydrogen) atoms. The van der Waals surface area contributed by atoms with Crippen LogP contribution in [0.25, 0.3) is 0 Å². The Morgan fingerprint density at radius 3 is 2.71 bits per heavy atom. The molecule has 0 aliphatic heterocycles. The van der Waals surface area contributed by atoms with Crippen molar-refractivity contribution < 1.29 is 13.9 Å². The van der Waals surface area contributed by atoms with Crippen molar-refractivity contribution in [2.24, 2.45) is 0 Å². The van der Waals surface area contributed by atoms with E-state index >= 15 is 0 Å². The maximum absolute atomic E-state index is 12.1. The van der Waals surface area contributed by atoms with Crippen LogP contribution >= 0.6 is 0 Å². The molecular weight excluding hydrogens is 308 g/mol. The van der Waals surface area contributed by atoms with Gasteiger partial charge in [0.25, 0.3) is 5.91 Å². The Morgan fingerprint density at radius 1 is 1.17 bits per heavy atom. The van der Waals surface area contributed by atoms with Crippen LogP contribution in [-0.4, -0.2) is 10.9 Å². The predicted molar refractivity (Wildman–Crippen MR) is 87.7 cm³/mol. The Labute approximate surface area is 138 Å². The van der Waals surface area contributed by atoms with E-state index in [1.165, 1.54) is 18.5 Å². The maximum Gasteiger partial charge on any atom is 0.268 e. The molecule has 0 aliphatic rings. The molecule has 0 fully saturated rings. The number of H-pyrrole nitrogens is 1. The van der Waals surface area contributed by atoms with E-state index in [4.69, 9.17) is 9.15 Å². The number of aromatic nitrogens is 1. The van der Waals surface area contributed by atoms with E-state index in [1.54, 1.807) is 12.1 Å². The van der Waals surface area contributed by atoms with Gasteiger partial charge in [-0.3, -0.25) is 9.59 Å². The molecular formula is C18H16N2O4. The summed E-state index contributed by atoms with van der Waals surface area (Å²) in [6, 6.07) is 14.2. The molecule has 2 heterocycles. The van der Waals surface area contributed by atoms with Gasteiger partial charge in [-0.05, 0) is 17.7 Å². The highest BCUT2D eigenvalue weighted by molar-refractivity contribution is 5.92. The third-order valence-corrected chi connectivity index (χ3v) is 3.36. The average Bonchev–Trinajstić information content (AvgIpc) is 3.13. The third-order valence-electron chi connectivity index (χ3n) is 3.36. The van der Waals surface area contributed by atoms with Crippen LogP contribution in [0.3, 0.4) is 0 Å². The second-order valence-corrected chi connectivity index (χ2v) is 5.11. The topological polar surface area (TPSA) is 84.3 Å². The first kappa shape index (κ1) is 15.6. The number of rotatable bonds is 6. The van der Waals surface area contributed by atoms with Crippen molar-refractivity contribution >= 4 is 5.91 Å². The zero-order valence-electron chi connectivity index (χ0n) is 12.8. The summed E-state index contributed by atoms with van der Waals surface area (Å²) >= 11 is 0. The number of hydrogen-bond acceptors (Lipinski definition) is 4. The van der Waals surface area contributed by atoms with Crippen LogP contribution in [-0.2, 0) is 13.2 Å². The lowest BCUT2D eigenvalue weighted by atomic mass is 10.2. The summed E-state index contributed by atoms with van der Waals surface area (Å²) < 4.78 is 10.6. The summed E-state index contributed by atoms with van der Waals surface area (Å²) in [4.78, 5) is 26.9. The minimum absolute atomic E-state index is 0.165. The minimum Gasteiger partial charge on any atom is -0.483 e. The Balaban J connectivity index is 1.61. The summed E-state index contributed by atoms with van der Waals surface area (Å²) in [6.45, 7) is 0.536. The number of ether oxygens (including phenoxy) is 1. The molecule has 6 nitrogen and oxygen atoms in total. The minimum atomic E-state index is -0.391. The highest BCUT2D eigenvalue weighted by atomic mass is 16.5. The molecule has 122 valence electrons. The summed E-state index contributed by atoms with van der Waals surface area (Å²) in [5.74, 6) is 0.410. The number of furan rings is 1. The number of aromatic amines is 1. The molecule has 2 aromatic heterocycles. The Morgan fingerprint density at radius 2 is 2.00 bits per heavy atom. The molecule has 3 rings (SSSR count). The zero-order valence-corrected chi connectivity index (χ0v) is 12.8. The SMILES string of the molecule is O=C(NCc1ccco1)c1cc(=O)c(OCc2ccccc2)c[nH]1. The van der Waals surface area contributed by atoms with Crippen molar-refractivity contribution in [1.82, 2.24) is 10.3 Å². The molecule has 0 spiro atoms. The summed E-state index contributed by atoms with van der Waals surface area (Å²) in [7, 11) is 0. The lowest BCUT2D eigenvalue weighted by Gasteiger charge is -2.07. The number of carbonyl (C=O) groups excluding carboxylic acids is 1. The van der Waals surface area contributed by atoms with Crippen LogP contribution in [0.15, 0.2) is 70.2 Å². The van der Waals surface area contributed by atoms with Crippen molar-refractivity contribution in [2.75, 3.05) is 0 Å². The third kappa shape index (κ3) is 3.92. The van der Waals surface area contributed by atoms with Crippen LogP contribution in [0.5, 0.6) is 5.75 Å². The van der Waals surface area contributed by atoms with Gasteiger partial charge in [0.1, 0.15) is 18.1 Å². The highest BCUT2D eigenvalue weighted by Gasteiger charge is 2.10. The fourth-order valence-corrected chi connectivity index (χ4v) is 2.11. The van der Waals surface area contributed by atoms with Crippen LogP contribution in [0.4, 0.5) is 0 Å². The van der Waals surface area contributed by atoms with E-state index in [1.807, 2.05) is 30.3 Å². The molecule has 0 bridgehead atoms. The van der Waals surface area contributed by atoms with Crippen LogP contribution < -0.4 is 15.5 Å². The molecule has 0 unspecified atom stereocenters. The van der Waals surface area contributed by atoms with Gasteiger partial charge in [0.05, 0.1) is 12.8 Å². The number of pyridine rings is 1. The van der Waals surface area contributed by atoms with Crippen molar-refractivity contribution in [1.29, 1.82) is 0 Å². The van der Waals surface area contributed by atoms with Gasteiger partial charge >= 0.3 is 0 Å². The van der Waals surface area contributed by atoms with Crippen LogP contribution in [0.2, 0.25) is 0 Å². The van der Waals surface area contributed by atoms with Gasteiger partial charge in [-0.2, -0.15) is 0 Å². The smallest absolute Gasteiger partial charge is 0.268 e. The molecule has 2 N–H and O–H groups in total. The van der Waals surface area contributed by atoms with Gasteiger partial charge < -0.3 is 19.5 Å². The molecule has 0 saturated carbocycles. The second kappa shape index (κ2) is 7.32. The van der Waals surface area contributed by atoms with E-state index in [9.17, 15) is 9.59 Å². The number of benzene rings is 1. The summed E-state index contributed by atoms with van der Waals surface area (Å²) in [5, 5.41) is 2.66. The van der Waals surface area contributed by atoms with E-state index in [2.05, 4.69) is 10.3 Å². The maximum atomic E-state index is 12.1. The van der Waals surface area contributed by atoms with E-state index in [-0.39, 0.29) is 30.0 Å². The molecule has 1 aromatic carbocycles. The van der Waals surface area contributed by atoms with E-state index in [0.29, 0.717) is 5.76 Å². The standard InChI is InChI=1S/C18H16N2O4/c21-16-9-15(18(22)20-10-14-7-4-8-23-14)19-11-17(16)24-12-13-5-2-1-3-6-13/h1-9,11H,10,12H2,(H,19,21)(H,20,22). The average molecular weight is 324 g/mol. The largest absolute Gasteiger partial charge is 0.483 e. The number of hydrogen-bond donors (Lipinski definition) is 2. The van der Waals surface area contributed by atoms with Crippen molar-refractivity contribution in [2.45, 2.75) is 13.2 Å². The number of carbonyl (C=O) groups is 1. The second-order valence-electron chi connectivity index (χ2n) is 5.11. The highest BCUT2D eigenvalue weighted by Crippen LogP contribution is 2.07. The van der Waals surface area contributed by atoms with E-state index in [0.717, 1.165) is 5.56 Å². The number of nitrogens with one attached hydrogen (secondary N) is 2. The first-order valence-corrected chi connectivity index (χ1v) is 7.42. The van der Waals surface area contributed by atoms with Crippen molar-refractivity contribution in [3.05, 3.63) is 88.2 Å². The lowest BCUT2D eigenvalue weighted by molar-refractivity contribution is 0.0943. The molecule has 1 amide bonds. The Hall–Kier alpha value is -3.28. The van der Waals surface area contributed by atoms with Gasteiger partial charge in [0, 0.05) is 12.3 Å². The summed E-state index contributed by atoms with van der Waals surface area (Å²) in [5.41, 5.74) is 0.767. The zero-order chi connectivity index (χ0) is 16.8. The lowest BCUT2D eigenvalue weighted by Crippen LogP contribution is -2.25. The first-order valence-electron chi connectivity index (χ1n) is 7.42. The fraction of sp³-hybridized carbons (Fsp3) is 0.111. The molecule has 0 aliphatic carbocycles. The predicted octanol–water partition coefficient (Wildman–Crippen LogP) is 2.48. The molecule has 0 atom stereocenters. The van der Waals surface area contributed by atoms with Crippen LogP contribution in [0, 0.1) is 0 Å². The van der Waals surface area contributed by atoms with Gasteiger partial charge in [-0.15, -0.1) is 0 Å². The summed E-state index contributed by atoms with van der Waals surface area (Å²) in [6.07, 6.45) is 2.93. The Bertz CT molecular complexity index is 854. The van der Waals surface area contributed by atoms with Crippen molar-refractivity contribution in [3.8, 4) is 5.75 Å². The normalized spacial score (nSPS) is 10.3. The fourth-order valence-electron chi connectivity index (χ4n) is 2.11. The van der Waals surface area contributed by atoms with E-state index < -0.39 is 5.91 Å². The molecule has 3 aromatic rings. The van der Waals surface area contributed by atoms with Gasteiger partial charge in [0.2, 0.25) is 5.43 Å². The molecule has 6 heteroatoms. The number of amides is 1. The quantitative estimate of drug-likeness (QED) is 0.729. The van der Waals surface area contributed by atoms with Crippen molar-refractivity contribution in [3.63, 3.8) is 0 Å². The van der Waals surface area contributed by atoms with Crippen LogP contribution in [0.1, 0.15) is 21.8 Å². The van der Waals surface area contributed by atoms with Gasteiger partial charge in [0.15, 0.2) is 5.75 Å². The molecule has 0 radical (unpaired) electrons. The monoisotopic (exact) mass is 324 g/mol.